The van der Waals surface area contributed by atoms with Crippen molar-refractivity contribution in [2.24, 2.45) is 0 Å². The second-order valence-corrected chi connectivity index (χ2v) is 11.2. The number of carbonyl (C=O) groups excluding carboxylic acids is 1. The van der Waals surface area contributed by atoms with Crippen LogP contribution in [0.25, 0.3) is 31.0 Å². The molecule has 0 aliphatic heterocycles. The first kappa shape index (κ1) is 25.7. The van der Waals surface area contributed by atoms with Crippen LogP contribution in [0.15, 0.2) is 60.7 Å². The molecular weight excluding hydrogens is 468 g/mol. The van der Waals surface area contributed by atoms with Gasteiger partial charge in [-0.15, -0.1) is 22.7 Å². The third-order valence-electron chi connectivity index (χ3n) is 6.47. The van der Waals surface area contributed by atoms with Crippen LogP contribution < -0.4 is 0 Å². The second kappa shape index (κ2) is 13.0. The monoisotopic (exact) mass is 504 g/mol. The molecule has 2 aromatic heterocycles. The normalized spacial score (nSPS) is 11.3. The summed E-state index contributed by atoms with van der Waals surface area (Å²) in [6.07, 6.45) is 11.5. The number of fused-ring (bicyclic) bond motifs is 1. The number of benzene rings is 2. The van der Waals surface area contributed by atoms with Gasteiger partial charge in [0, 0.05) is 14.6 Å². The third-order valence-corrected chi connectivity index (χ3v) is 8.93. The molecule has 0 amide bonds. The molecule has 2 nitrogen and oxygen atoms in total. The summed E-state index contributed by atoms with van der Waals surface area (Å²) >= 11 is 3.41. The van der Waals surface area contributed by atoms with E-state index in [4.69, 9.17) is 4.74 Å². The lowest BCUT2D eigenvalue weighted by molar-refractivity contribution is 0.0532. The summed E-state index contributed by atoms with van der Waals surface area (Å²) in [6, 6.07) is 21.6. The van der Waals surface area contributed by atoms with Crippen LogP contribution in [-0.2, 0) is 11.2 Å². The van der Waals surface area contributed by atoms with Crippen molar-refractivity contribution in [3.8, 4) is 20.2 Å². The summed E-state index contributed by atoms with van der Waals surface area (Å²) in [7, 11) is 0. The maximum absolute atomic E-state index is 12.5. The van der Waals surface area contributed by atoms with Crippen LogP contribution >= 0.6 is 22.7 Å². The van der Waals surface area contributed by atoms with Crippen LogP contribution in [0.3, 0.4) is 0 Å². The molecule has 0 N–H and O–H groups in total. The first-order chi connectivity index (χ1) is 17.2. The van der Waals surface area contributed by atoms with E-state index >= 15 is 0 Å². The van der Waals surface area contributed by atoms with Gasteiger partial charge in [-0.1, -0.05) is 94.3 Å². The number of hydrogen-bond acceptors (Lipinski definition) is 4. The van der Waals surface area contributed by atoms with E-state index in [1.165, 1.54) is 87.9 Å². The number of hydrogen-bond donors (Lipinski definition) is 0. The zero-order valence-electron chi connectivity index (χ0n) is 21.0. The fourth-order valence-electron chi connectivity index (χ4n) is 4.62. The highest BCUT2D eigenvalue weighted by Crippen LogP contribution is 2.42. The zero-order valence-corrected chi connectivity index (χ0v) is 22.6. The van der Waals surface area contributed by atoms with Gasteiger partial charge in [-0.25, -0.2) is 4.79 Å². The van der Waals surface area contributed by atoms with Crippen molar-refractivity contribution < 1.29 is 9.53 Å². The van der Waals surface area contributed by atoms with Crippen molar-refractivity contribution in [1.29, 1.82) is 0 Å². The van der Waals surface area contributed by atoms with Crippen LogP contribution in [0.5, 0.6) is 0 Å². The van der Waals surface area contributed by atoms with E-state index in [0.29, 0.717) is 6.61 Å². The Hall–Kier alpha value is -2.43. The molecule has 0 saturated carbocycles. The molecule has 2 heterocycles. The third kappa shape index (κ3) is 6.62. The Balaban J connectivity index is 1.52. The van der Waals surface area contributed by atoms with Gasteiger partial charge < -0.3 is 4.74 Å². The number of aryl methyl sites for hydroxylation is 1. The average molecular weight is 505 g/mol. The van der Waals surface area contributed by atoms with Crippen LogP contribution in [0.1, 0.15) is 80.4 Å². The summed E-state index contributed by atoms with van der Waals surface area (Å²) < 4.78 is 5.32. The Labute approximate surface area is 218 Å². The van der Waals surface area contributed by atoms with Gasteiger partial charge in [0.05, 0.1) is 6.61 Å². The number of ether oxygens (including phenoxy) is 1. The molecule has 4 rings (SSSR count). The smallest absolute Gasteiger partial charge is 0.348 e. The van der Waals surface area contributed by atoms with Crippen LogP contribution in [-0.4, -0.2) is 12.6 Å². The standard InChI is InChI=1S/C31H36O2S2/c1-3-5-6-7-8-9-10-11-16-24-22-29(31(32)33-4-2)35-30(24)28-21-20-27(34-28)26-19-14-17-23-15-12-13-18-25(23)26/h12-15,17-22H,3-11,16H2,1-2H3. The van der Waals surface area contributed by atoms with Crippen LogP contribution in [0, 0.1) is 0 Å². The number of unbranched alkanes of at least 4 members (excludes halogenated alkanes) is 7. The van der Waals surface area contributed by atoms with Gasteiger partial charge in [-0.05, 0) is 59.9 Å². The Bertz CT molecular complexity index is 1230. The molecule has 4 heteroatoms. The van der Waals surface area contributed by atoms with Crippen molar-refractivity contribution in [2.45, 2.75) is 71.6 Å². The second-order valence-electron chi connectivity index (χ2n) is 9.10. The molecule has 0 saturated heterocycles. The van der Waals surface area contributed by atoms with E-state index in [9.17, 15) is 4.79 Å². The summed E-state index contributed by atoms with van der Waals surface area (Å²) in [5.41, 5.74) is 2.56. The molecule has 4 aromatic rings. The highest BCUT2D eigenvalue weighted by molar-refractivity contribution is 7.24. The molecule has 0 fully saturated rings. The van der Waals surface area contributed by atoms with Crippen molar-refractivity contribution in [3.05, 3.63) is 71.1 Å². The van der Waals surface area contributed by atoms with Gasteiger partial charge in [-0.2, -0.15) is 0 Å². The summed E-state index contributed by atoms with van der Waals surface area (Å²) in [6.45, 7) is 4.54. The van der Waals surface area contributed by atoms with Crippen LogP contribution in [0.2, 0.25) is 0 Å². The molecule has 0 atom stereocenters. The molecule has 0 radical (unpaired) electrons. The molecule has 0 unspecified atom stereocenters. The lowest BCUT2D eigenvalue weighted by Crippen LogP contribution is -2.01. The maximum Gasteiger partial charge on any atom is 0.348 e. The van der Waals surface area contributed by atoms with Crippen molar-refractivity contribution in [2.75, 3.05) is 6.61 Å². The minimum absolute atomic E-state index is 0.202. The Morgan fingerprint density at radius 1 is 0.771 bits per heavy atom. The lowest BCUT2D eigenvalue weighted by atomic mass is 10.0. The van der Waals surface area contributed by atoms with Gasteiger partial charge in [0.1, 0.15) is 4.88 Å². The highest BCUT2D eigenvalue weighted by atomic mass is 32.1. The molecule has 0 spiro atoms. The van der Waals surface area contributed by atoms with Crippen molar-refractivity contribution >= 4 is 39.4 Å². The molecule has 0 bridgehead atoms. The lowest BCUT2D eigenvalue weighted by Gasteiger charge is -2.05. The molecule has 184 valence electrons. The van der Waals surface area contributed by atoms with Gasteiger partial charge >= 0.3 is 5.97 Å². The maximum atomic E-state index is 12.5. The quantitative estimate of drug-likeness (QED) is 0.134. The van der Waals surface area contributed by atoms with E-state index in [-0.39, 0.29) is 5.97 Å². The van der Waals surface area contributed by atoms with E-state index in [0.717, 1.165) is 11.3 Å². The van der Waals surface area contributed by atoms with E-state index in [1.807, 2.05) is 18.3 Å². The van der Waals surface area contributed by atoms with Gasteiger partial charge in [0.2, 0.25) is 0 Å². The highest BCUT2D eigenvalue weighted by Gasteiger charge is 2.18. The van der Waals surface area contributed by atoms with Crippen molar-refractivity contribution in [3.63, 3.8) is 0 Å². The molecule has 0 aliphatic carbocycles. The van der Waals surface area contributed by atoms with Gasteiger partial charge in [0.15, 0.2) is 0 Å². The molecular formula is C31H36O2S2. The van der Waals surface area contributed by atoms with E-state index in [2.05, 4.69) is 67.6 Å². The Morgan fingerprint density at radius 2 is 1.49 bits per heavy atom. The number of carbonyl (C=O) groups is 1. The Kier molecular flexibility index (Phi) is 9.56. The predicted octanol–water partition coefficient (Wildman–Crippen LogP) is 10.2. The molecule has 35 heavy (non-hydrogen) atoms. The fraction of sp³-hybridized carbons (Fsp3) is 0.387. The van der Waals surface area contributed by atoms with Crippen molar-refractivity contribution in [1.82, 2.24) is 0 Å². The number of esters is 1. The summed E-state index contributed by atoms with van der Waals surface area (Å²) in [4.78, 5) is 17.0. The van der Waals surface area contributed by atoms with Gasteiger partial charge in [-0.3, -0.25) is 0 Å². The predicted molar refractivity (Wildman–Crippen MR) is 153 cm³/mol. The molecule has 2 aromatic carbocycles. The number of thiophene rings is 2. The summed E-state index contributed by atoms with van der Waals surface area (Å²) in [5.74, 6) is -0.202. The SMILES string of the molecule is CCCCCCCCCCc1cc(C(=O)OCC)sc1-c1ccc(-c2cccc3ccccc23)s1. The minimum Gasteiger partial charge on any atom is -0.462 e. The first-order valence-electron chi connectivity index (χ1n) is 13.1. The van der Waals surface area contributed by atoms with E-state index < -0.39 is 0 Å². The topological polar surface area (TPSA) is 26.3 Å². The minimum atomic E-state index is -0.202. The number of rotatable bonds is 13. The molecule has 0 aliphatic rings. The Morgan fingerprint density at radius 3 is 2.29 bits per heavy atom. The van der Waals surface area contributed by atoms with Gasteiger partial charge in [0.25, 0.3) is 0 Å². The van der Waals surface area contributed by atoms with Crippen LogP contribution in [0.4, 0.5) is 0 Å². The average Bonchev–Trinajstić information content (AvgIpc) is 3.53. The fourth-order valence-corrected chi connectivity index (χ4v) is 6.92. The summed E-state index contributed by atoms with van der Waals surface area (Å²) in [5, 5.41) is 2.54. The van der Waals surface area contributed by atoms with E-state index in [1.54, 1.807) is 11.3 Å². The zero-order chi connectivity index (χ0) is 24.5. The first-order valence-corrected chi connectivity index (χ1v) is 14.7. The largest absolute Gasteiger partial charge is 0.462 e.